The number of nitro benzene ring substituents is 1. The maximum absolute atomic E-state index is 13.3. The molecule has 0 bridgehead atoms. The molecule has 12 nitrogen and oxygen atoms in total. The predicted molar refractivity (Wildman–Crippen MR) is 134 cm³/mol. The van der Waals surface area contributed by atoms with Gasteiger partial charge in [0.25, 0.3) is 11.6 Å². The summed E-state index contributed by atoms with van der Waals surface area (Å²) in [5, 5.41) is 20.3. The number of hydrogen-bond acceptors (Lipinski definition) is 5. The summed E-state index contributed by atoms with van der Waals surface area (Å²) >= 11 is 0. The second kappa shape index (κ2) is 12.2. The normalized spacial score (nSPS) is 12.8. The van der Waals surface area contributed by atoms with Crippen molar-refractivity contribution in [2.45, 2.75) is 25.8 Å². The molecule has 0 aromatic heterocycles. The van der Waals surface area contributed by atoms with Crippen molar-refractivity contribution in [1.29, 1.82) is 0 Å². The van der Waals surface area contributed by atoms with E-state index >= 15 is 0 Å². The van der Waals surface area contributed by atoms with Gasteiger partial charge in [0.05, 0.1) is 35.7 Å². The van der Waals surface area contributed by atoms with Gasteiger partial charge in [-0.25, -0.2) is 0 Å². The Hall–Kier alpha value is -4.92. The average Bonchev–Trinajstić information content (AvgIpc) is 2.95. The number of unbranched alkanes of at least 4 members (excludes halogenated alkanes) is 1. The number of benzene rings is 2. The number of amides is 2. The minimum atomic E-state index is -1.10. The standard InChI is InChI=1S/C25H26N6O6/c26-25(27)28-11-3-1-2-5-17-8-9-21-20(14-17)24(35)29(12-10-23(33)34)16-22(32)30(21)15-18-6-4-7-19(13-18)31(36)37/h4,6-9,13-14H,1,3,10-12,15-16H2,(H,33,34)(H4,26,27,28)/p+1. The highest BCUT2D eigenvalue weighted by Crippen LogP contribution is 2.29. The van der Waals surface area contributed by atoms with Crippen LogP contribution in [0.25, 0.3) is 0 Å². The molecule has 6 N–H and O–H groups in total. The number of anilines is 1. The van der Waals surface area contributed by atoms with Crippen molar-refractivity contribution < 1.29 is 29.4 Å². The molecule has 2 amide bonds. The molecule has 0 atom stereocenters. The molecule has 0 spiro atoms. The molecule has 1 heterocycles. The van der Waals surface area contributed by atoms with Crippen molar-refractivity contribution in [2.75, 3.05) is 24.5 Å². The highest BCUT2D eigenvalue weighted by atomic mass is 16.6. The molecule has 2 aromatic carbocycles. The summed E-state index contributed by atoms with van der Waals surface area (Å²) in [7, 11) is 0. The van der Waals surface area contributed by atoms with E-state index in [1.807, 2.05) is 0 Å². The number of nitrogens with two attached hydrogens (primary N) is 2. The van der Waals surface area contributed by atoms with Gasteiger partial charge in [-0.2, -0.15) is 0 Å². The highest BCUT2D eigenvalue weighted by molar-refractivity contribution is 6.09. The summed E-state index contributed by atoms with van der Waals surface area (Å²) in [5.41, 5.74) is 12.2. The number of hydrogen-bond donors (Lipinski definition) is 4. The lowest BCUT2D eigenvalue weighted by Crippen LogP contribution is -2.78. The molecule has 0 aliphatic carbocycles. The molecule has 0 saturated carbocycles. The zero-order valence-electron chi connectivity index (χ0n) is 20.0. The molecule has 37 heavy (non-hydrogen) atoms. The van der Waals surface area contributed by atoms with Gasteiger partial charge in [-0.15, -0.1) is 0 Å². The SMILES string of the molecule is NC(N)=[NH+]CCCC#Cc1ccc2c(c1)C(=O)N(CCC(=O)O)CC(=O)N2Cc1cccc([N+](=O)[O-])c1. The lowest BCUT2D eigenvalue weighted by Gasteiger charge is -2.23. The summed E-state index contributed by atoms with van der Waals surface area (Å²) in [5.74, 6) is 4.11. The Labute approximate surface area is 212 Å². The van der Waals surface area contributed by atoms with Crippen molar-refractivity contribution in [3.8, 4) is 11.8 Å². The van der Waals surface area contributed by atoms with Crippen LogP contribution < -0.4 is 21.4 Å². The molecule has 1 aliphatic heterocycles. The number of carboxylic acids is 1. The fourth-order valence-corrected chi connectivity index (χ4v) is 3.76. The Morgan fingerprint density at radius 2 is 1.97 bits per heavy atom. The number of guanidine groups is 1. The first kappa shape index (κ1) is 26.7. The first-order chi connectivity index (χ1) is 17.7. The van der Waals surface area contributed by atoms with Crippen molar-refractivity contribution in [1.82, 2.24) is 4.90 Å². The van der Waals surface area contributed by atoms with Gasteiger partial charge < -0.3 is 14.9 Å². The molecule has 2 aromatic rings. The Morgan fingerprint density at radius 1 is 1.19 bits per heavy atom. The molecular formula is C25H27N6O6+. The number of nitro groups is 1. The smallest absolute Gasteiger partial charge is 0.338 e. The summed E-state index contributed by atoms with van der Waals surface area (Å²) < 4.78 is 0. The Kier molecular flexibility index (Phi) is 8.77. The van der Waals surface area contributed by atoms with E-state index in [0.29, 0.717) is 36.2 Å². The number of carbonyl (C=O) groups excluding carboxylic acids is 2. The Balaban J connectivity index is 1.94. The van der Waals surface area contributed by atoms with Crippen molar-refractivity contribution >= 4 is 35.1 Å². The third-order valence-electron chi connectivity index (χ3n) is 5.53. The second-order valence-corrected chi connectivity index (χ2v) is 8.30. The van der Waals surface area contributed by atoms with Gasteiger partial charge in [0, 0.05) is 30.7 Å². The zero-order chi connectivity index (χ0) is 26.9. The Morgan fingerprint density at radius 3 is 2.68 bits per heavy atom. The van der Waals surface area contributed by atoms with Crippen LogP contribution in [0.2, 0.25) is 0 Å². The summed E-state index contributed by atoms with van der Waals surface area (Å²) in [6.07, 6.45) is 0.925. The molecule has 0 radical (unpaired) electrons. The van der Waals surface area contributed by atoms with Crippen molar-refractivity contribution in [3.63, 3.8) is 0 Å². The Bertz CT molecular complexity index is 1310. The molecule has 192 valence electrons. The van der Waals surface area contributed by atoms with Crippen LogP contribution in [0.4, 0.5) is 11.4 Å². The third-order valence-corrected chi connectivity index (χ3v) is 5.53. The molecule has 1 aliphatic rings. The van der Waals surface area contributed by atoms with Crippen LogP contribution in [0.15, 0.2) is 42.5 Å². The van der Waals surface area contributed by atoms with E-state index < -0.39 is 22.7 Å². The van der Waals surface area contributed by atoms with Gasteiger partial charge in [0.1, 0.15) is 6.54 Å². The average molecular weight is 508 g/mol. The maximum atomic E-state index is 13.3. The van der Waals surface area contributed by atoms with E-state index in [2.05, 4.69) is 16.8 Å². The van der Waals surface area contributed by atoms with Gasteiger partial charge in [-0.1, -0.05) is 24.0 Å². The van der Waals surface area contributed by atoms with E-state index in [1.54, 1.807) is 24.3 Å². The minimum Gasteiger partial charge on any atom is -0.481 e. The number of rotatable bonds is 9. The number of aliphatic carboxylic acids is 1. The summed E-state index contributed by atoms with van der Waals surface area (Å²) in [6.45, 7) is 0.0824. The molecule has 0 saturated heterocycles. The largest absolute Gasteiger partial charge is 0.481 e. The van der Waals surface area contributed by atoms with Crippen LogP contribution in [0.5, 0.6) is 0 Å². The van der Waals surface area contributed by atoms with Crippen LogP contribution in [-0.2, 0) is 16.1 Å². The summed E-state index contributed by atoms with van der Waals surface area (Å²) in [6, 6.07) is 10.8. The van der Waals surface area contributed by atoms with E-state index in [-0.39, 0.29) is 43.3 Å². The number of carbonyl (C=O) groups is 3. The lowest BCUT2D eigenvalue weighted by atomic mass is 10.1. The fraction of sp³-hybridized carbons (Fsp3) is 0.280. The highest BCUT2D eigenvalue weighted by Gasteiger charge is 2.32. The number of fused-ring (bicyclic) bond motifs is 1. The molecule has 0 fully saturated rings. The minimum absolute atomic E-state index is 0.00706. The fourth-order valence-electron chi connectivity index (χ4n) is 3.76. The van der Waals surface area contributed by atoms with Gasteiger partial charge in [0.15, 0.2) is 0 Å². The maximum Gasteiger partial charge on any atom is 0.338 e. The van der Waals surface area contributed by atoms with E-state index in [9.17, 15) is 24.5 Å². The van der Waals surface area contributed by atoms with Gasteiger partial charge in [-0.05, 0) is 30.2 Å². The monoisotopic (exact) mass is 507 g/mol. The zero-order valence-corrected chi connectivity index (χ0v) is 20.0. The first-order valence-corrected chi connectivity index (χ1v) is 11.4. The topological polar surface area (TPSA) is 187 Å². The van der Waals surface area contributed by atoms with Crippen molar-refractivity contribution in [2.24, 2.45) is 11.5 Å². The van der Waals surface area contributed by atoms with E-state index in [4.69, 9.17) is 16.6 Å². The quantitative estimate of drug-likeness (QED) is 0.0876. The van der Waals surface area contributed by atoms with Crippen molar-refractivity contribution in [3.05, 3.63) is 69.3 Å². The van der Waals surface area contributed by atoms with Crippen LogP contribution in [-0.4, -0.2) is 58.3 Å². The molecule has 12 heteroatoms. The molecular weight excluding hydrogens is 480 g/mol. The predicted octanol–water partition coefficient (Wildman–Crippen LogP) is -0.456. The van der Waals surface area contributed by atoms with Gasteiger partial charge in [0.2, 0.25) is 5.91 Å². The van der Waals surface area contributed by atoms with Crippen LogP contribution >= 0.6 is 0 Å². The third kappa shape index (κ3) is 7.28. The molecule has 0 unspecified atom stereocenters. The number of carboxylic acid groups (broad SMARTS) is 1. The first-order valence-electron chi connectivity index (χ1n) is 11.4. The number of nitrogens with one attached hydrogen (secondary N) is 1. The van der Waals surface area contributed by atoms with Crippen LogP contribution in [0.1, 0.15) is 40.7 Å². The number of nitrogens with zero attached hydrogens (tertiary/aromatic N) is 3. The van der Waals surface area contributed by atoms with Crippen LogP contribution in [0.3, 0.4) is 0 Å². The van der Waals surface area contributed by atoms with Crippen LogP contribution in [0, 0.1) is 22.0 Å². The molecule has 3 rings (SSSR count). The second-order valence-electron chi connectivity index (χ2n) is 8.30. The summed E-state index contributed by atoms with van der Waals surface area (Å²) in [4.78, 5) is 53.7. The van der Waals surface area contributed by atoms with E-state index in [0.717, 1.165) is 0 Å². The van der Waals surface area contributed by atoms with Gasteiger partial charge >= 0.3 is 11.9 Å². The van der Waals surface area contributed by atoms with Gasteiger partial charge in [-0.3, -0.25) is 41.0 Å². The number of non-ortho nitro benzene ring substituents is 1. The lowest BCUT2D eigenvalue weighted by molar-refractivity contribution is -0.459. The van der Waals surface area contributed by atoms with E-state index in [1.165, 1.54) is 28.0 Å².